The van der Waals surface area contributed by atoms with Crippen LogP contribution in [0.3, 0.4) is 0 Å². The molecule has 1 atom stereocenters. The monoisotopic (exact) mass is 228 g/mol. The number of aliphatic hydroxyl groups is 1. The molecule has 0 bridgehead atoms. The van der Waals surface area contributed by atoms with Crippen LogP contribution in [0.25, 0.3) is 0 Å². The number of nitrogens with zero attached hydrogens (tertiary/aromatic N) is 1. The Bertz CT molecular complexity index is 194. The molecule has 3 heteroatoms. The van der Waals surface area contributed by atoms with Gasteiger partial charge in [-0.1, -0.05) is 6.92 Å². The molecule has 0 amide bonds. The average molecular weight is 228 g/mol. The van der Waals surface area contributed by atoms with Crippen molar-refractivity contribution in [2.45, 2.75) is 45.1 Å². The normalized spacial score (nSPS) is 20.1. The minimum Gasteiger partial charge on any atom is -0.394 e. The summed E-state index contributed by atoms with van der Waals surface area (Å²) < 4.78 is 0. The fourth-order valence-electron chi connectivity index (χ4n) is 1.92. The zero-order chi connectivity index (χ0) is 12.0. The van der Waals surface area contributed by atoms with Crippen LogP contribution in [0, 0.1) is 5.92 Å². The summed E-state index contributed by atoms with van der Waals surface area (Å²) in [6, 6.07) is 0. The summed E-state index contributed by atoms with van der Waals surface area (Å²) in [6.45, 7) is 7.80. The zero-order valence-electron chi connectivity index (χ0n) is 11.1. The lowest BCUT2D eigenvalue weighted by molar-refractivity contribution is 0.150. The molecular weight excluding hydrogens is 200 g/mol. The van der Waals surface area contributed by atoms with E-state index in [4.69, 9.17) is 0 Å². The fourth-order valence-corrected chi connectivity index (χ4v) is 1.92. The molecule has 96 valence electrons. The summed E-state index contributed by atoms with van der Waals surface area (Å²) in [5.74, 6) is 0.953. The molecule has 0 aromatic heterocycles. The number of nitrogens with one attached hydrogen (secondary N) is 1. The van der Waals surface area contributed by atoms with Crippen molar-refractivity contribution >= 4 is 0 Å². The average Bonchev–Trinajstić information content (AvgIpc) is 3.07. The fraction of sp³-hybridized carbons (Fsp3) is 1.00. The van der Waals surface area contributed by atoms with Gasteiger partial charge in [0.2, 0.25) is 0 Å². The Morgan fingerprint density at radius 1 is 1.44 bits per heavy atom. The first-order valence-electron chi connectivity index (χ1n) is 6.64. The van der Waals surface area contributed by atoms with Gasteiger partial charge < -0.3 is 15.3 Å². The van der Waals surface area contributed by atoms with Crippen molar-refractivity contribution in [1.29, 1.82) is 0 Å². The van der Waals surface area contributed by atoms with E-state index in [1.807, 2.05) is 0 Å². The Balaban J connectivity index is 2.19. The third-order valence-corrected chi connectivity index (χ3v) is 3.46. The molecule has 0 saturated heterocycles. The maximum atomic E-state index is 9.44. The molecule has 0 aliphatic heterocycles. The molecule has 0 radical (unpaired) electrons. The van der Waals surface area contributed by atoms with Gasteiger partial charge >= 0.3 is 0 Å². The summed E-state index contributed by atoms with van der Waals surface area (Å²) >= 11 is 0. The first-order valence-corrected chi connectivity index (χ1v) is 6.64. The van der Waals surface area contributed by atoms with Gasteiger partial charge in [-0.25, -0.2) is 0 Å². The Kier molecular flexibility index (Phi) is 5.73. The molecule has 1 aliphatic rings. The number of rotatable bonds is 9. The van der Waals surface area contributed by atoms with Crippen molar-refractivity contribution in [3.63, 3.8) is 0 Å². The quantitative estimate of drug-likeness (QED) is 0.627. The minimum absolute atomic E-state index is 0.103. The molecule has 1 aliphatic carbocycles. The van der Waals surface area contributed by atoms with Crippen LogP contribution in [0.5, 0.6) is 0 Å². The molecular formula is C13H28N2O. The maximum absolute atomic E-state index is 9.44. The lowest BCUT2D eigenvalue weighted by Crippen LogP contribution is -2.48. The summed E-state index contributed by atoms with van der Waals surface area (Å²) in [4.78, 5) is 2.40. The van der Waals surface area contributed by atoms with Gasteiger partial charge in [0.05, 0.1) is 6.61 Å². The Hall–Kier alpha value is -0.120. The molecule has 0 spiro atoms. The molecule has 1 unspecified atom stereocenters. The van der Waals surface area contributed by atoms with Crippen molar-refractivity contribution in [3.05, 3.63) is 0 Å². The number of hydrogen-bond acceptors (Lipinski definition) is 3. The Morgan fingerprint density at radius 3 is 2.62 bits per heavy atom. The summed E-state index contributed by atoms with van der Waals surface area (Å²) in [7, 11) is 2.19. The molecule has 3 nitrogen and oxygen atoms in total. The van der Waals surface area contributed by atoms with Gasteiger partial charge in [0, 0.05) is 12.1 Å². The van der Waals surface area contributed by atoms with E-state index >= 15 is 0 Å². The summed E-state index contributed by atoms with van der Waals surface area (Å²) in [5.41, 5.74) is -0.103. The molecule has 0 aromatic carbocycles. The van der Waals surface area contributed by atoms with Gasteiger partial charge in [0.25, 0.3) is 0 Å². The highest BCUT2D eigenvalue weighted by molar-refractivity contribution is 4.84. The van der Waals surface area contributed by atoms with Crippen LogP contribution in [-0.4, -0.2) is 48.8 Å². The van der Waals surface area contributed by atoms with E-state index in [0.717, 1.165) is 31.8 Å². The molecule has 0 aromatic rings. The van der Waals surface area contributed by atoms with E-state index in [-0.39, 0.29) is 12.1 Å². The summed E-state index contributed by atoms with van der Waals surface area (Å²) in [5, 5.41) is 12.9. The van der Waals surface area contributed by atoms with E-state index in [1.54, 1.807) is 0 Å². The van der Waals surface area contributed by atoms with Crippen LogP contribution < -0.4 is 5.32 Å². The van der Waals surface area contributed by atoms with E-state index in [9.17, 15) is 5.11 Å². The van der Waals surface area contributed by atoms with Crippen molar-refractivity contribution in [2.75, 3.05) is 33.3 Å². The lowest BCUT2D eigenvalue weighted by atomic mass is 9.98. The van der Waals surface area contributed by atoms with E-state index < -0.39 is 0 Å². The molecule has 1 rings (SSSR count). The van der Waals surface area contributed by atoms with Crippen molar-refractivity contribution in [2.24, 2.45) is 5.92 Å². The van der Waals surface area contributed by atoms with Crippen molar-refractivity contribution < 1.29 is 5.11 Å². The molecule has 16 heavy (non-hydrogen) atoms. The first-order chi connectivity index (χ1) is 7.59. The largest absolute Gasteiger partial charge is 0.394 e. The van der Waals surface area contributed by atoms with Crippen LogP contribution >= 0.6 is 0 Å². The van der Waals surface area contributed by atoms with E-state index in [2.05, 4.69) is 31.1 Å². The van der Waals surface area contributed by atoms with Gasteiger partial charge in [-0.05, 0) is 58.7 Å². The lowest BCUT2D eigenvalue weighted by Gasteiger charge is -2.31. The van der Waals surface area contributed by atoms with Crippen LogP contribution in [-0.2, 0) is 0 Å². The molecule has 1 saturated carbocycles. The Labute approximate surface area is 100 Å². The predicted octanol–water partition coefficient (Wildman–Crippen LogP) is 1.47. The molecule has 1 fully saturated rings. The maximum Gasteiger partial charge on any atom is 0.0611 e. The number of hydrogen-bond donors (Lipinski definition) is 2. The predicted molar refractivity (Wildman–Crippen MR) is 68.6 cm³/mol. The van der Waals surface area contributed by atoms with Crippen LogP contribution in [0.1, 0.15) is 39.5 Å². The highest BCUT2D eigenvalue weighted by Crippen LogP contribution is 2.29. The second-order valence-electron chi connectivity index (χ2n) is 5.60. The van der Waals surface area contributed by atoms with Crippen LogP contribution in [0.2, 0.25) is 0 Å². The summed E-state index contributed by atoms with van der Waals surface area (Å²) in [6.07, 6.45) is 4.96. The van der Waals surface area contributed by atoms with E-state index in [1.165, 1.54) is 19.4 Å². The molecule has 0 heterocycles. The van der Waals surface area contributed by atoms with Gasteiger partial charge in [0.1, 0.15) is 0 Å². The van der Waals surface area contributed by atoms with Crippen LogP contribution in [0.4, 0.5) is 0 Å². The van der Waals surface area contributed by atoms with Crippen molar-refractivity contribution in [3.8, 4) is 0 Å². The number of aliphatic hydroxyl groups excluding tert-OH is 1. The van der Waals surface area contributed by atoms with Gasteiger partial charge in [-0.15, -0.1) is 0 Å². The highest BCUT2D eigenvalue weighted by Gasteiger charge is 2.25. The van der Waals surface area contributed by atoms with Crippen molar-refractivity contribution in [1.82, 2.24) is 10.2 Å². The topological polar surface area (TPSA) is 35.5 Å². The zero-order valence-corrected chi connectivity index (χ0v) is 11.1. The van der Waals surface area contributed by atoms with Gasteiger partial charge in [-0.3, -0.25) is 0 Å². The molecule has 2 N–H and O–H groups in total. The first kappa shape index (κ1) is 13.9. The highest BCUT2D eigenvalue weighted by atomic mass is 16.3. The standard InChI is InChI=1S/C13H28N2O/c1-4-8-14-13(2,11-16)7-9-15(3)10-12-5-6-12/h12,14,16H,4-11H2,1-3H3. The van der Waals surface area contributed by atoms with Gasteiger partial charge in [0.15, 0.2) is 0 Å². The van der Waals surface area contributed by atoms with Crippen LogP contribution in [0.15, 0.2) is 0 Å². The third kappa shape index (κ3) is 5.28. The van der Waals surface area contributed by atoms with E-state index in [0.29, 0.717) is 0 Å². The van der Waals surface area contributed by atoms with Gasteiger partial charge in [-0.2, -0.15) is 0 Å². The smallest absolute Gasteiger partial charge is 0.0611 e. The second-order valence-corrected chi connectivity index (χ2v) is 5.60. The Morgan fingerprint density at radius 2 is 2.12 bits per heavy atom. The minimum atomic E-state index is -0.103. The SMILES string of the molecule is CCCNC(C)(CO)CCN(C)CC1CC1. The third-order valence-electron chi connectivity index (χ3n) is 3.46. The second kappa shape index (κ2) is 6.58.